The lowest BCUT2D eigenvalue weighted by Crippen LogP contribution is -2.38. The van der Waals surface area contributed by atoms with E-state index in [4.69, 9.17) is 39.5 Å². The fourth-order valence-electron chi connectivity index (χ4n) is 1.22. The minimum atomic E-state index is -1.62. The number of ether oxygens (including phenoxy) is 1. The van der Waals surface area contributed by atoms with Gasteiger partial charge in [-0.1, -0.05) is 62.2 Å². The average Bonchev–Trinajstić information content (AvgIpc) is 1.99. The van der Waals surface area contributed by atoms with Crippen molar-refractivity contribution in [3.8, 4) is 0 Å². The molecule has 0 aromatic rings. The van der Waals surface area contributed by atoms with Crippen LogP contribution in [-0.4, -0.2) is 15.8 Å². The van der Waals surface area contributed by atoms with Gasteiger partial charge < -0.3 is 4.74 Å². The highest BCUT2D eigenvalue weighted by Gasteiger charge is 2.38. The van der Waals surface area contributed by atoms with Gasteiger partial charge in [-0.2, -0.15) is 0 Å². The molecule has 1 aliphatic heterocycles. The molecule has 15 heavy (non-hydrogen) atoms. The summed E-state index contributed by atoms with van der Waals surface area (Å²) < 4.78 is 3.96. The molecule has 0 amide bonds. The molecular weight excluding hydrogens is 256 g/mol. The van der Waals surface area contributed by atoms with Crippen LogP contribution in [0.1, 0.15) is 27.2 Å². The Morgan fingerprint density at radius 2 is 1.87 bits per heavy atom. The van der Waals surface area contributed by atoms with E-state index in [1.165, 1.54) is 0 Å². The van der Waals surface area contributed by atoms with Crippen molar-refractivity contribution in [1.82, 2.24) is 0 Å². The Bertz CT molecular complexity index is 299. The zero-order chi connectivity index (χ0) is 11.9. The molecule has 1 unspecified atom stereocenters. The van der Waals surface area contributed by atoms with Crippen molar-refractivity contribution in [3.05, 3.63) is 12.3 Å². The molecule has 1 rings (SSSR count). The Kier molecular flexibility index (Phi) is 3.64. The molecule has 1 atom stereocenters. The Morgan fingerprint density at radius 3 is 2.27 bits per heavy atom. The van der Waals surface area contributed by atoms with Crippen molar-refractivity contribution in [2.24, 2.45) is 10.4 Å². The maximum atomic E-state index is 5.73. The van der Waals surface area contributed by atoms with Gasteiger partial charge in [-0.25, -0.2) is 4.99 Å². The van der Waals surface area contributed by atoms with Gasteiger partial charge in [0.25, 0.3) is 3.79 Å². The van der Waals surface area contributed by atoms with Crippen molar-refractivity contribution in [1.29, 1.82) is 0 Å². The van der Waals surface area contributed by atoms with Gasteiger partial charge in [0.15, 0.2) is 0 Å². The van der Waals surface area contributed by atoms with Crippen LogP contribution < -0.4 is 0 Å². The molecule has 86 valence electrons. The summed E-state index contributed by atoms with van der Waals surface area (Å²) in [6.45, 7) is 9.98. The summed E-state index contributed by atoms with van der Waals surface area (Å²) in [6, 6.07) is 0. The fraction of sp³-hybridized carbons (Fsp3) is 0.700. The minimum Gasteiger partial charge on any atom is -0.473 e. The van der Waals surface area contributed by atoms with Crippen LogP contribution in [-0.2, 0) is 4.74 Å². The summed E-state index contributed by atoms with van der Waals surface area (Å²) in [5.41, 5.74) is 0.641. The fourth-order valence-corrected chi connectivity index (χ4v) is 1.48. The Labute approximate surface area is 105 Å². The lowest BCUT2D eigenvalue weighted by molar-refractivity contribution is 0.0664. The summed E-state index contributed by atoms with van der Waals surface area (Å²) in [5, 5.41) is 0. The number of halogens is 3. The monoisotopic (exact) mass is 269 g/mol. The summed E-state index contributed by atoms with van der Waals surface area (Å²) in [7, 11) is 0. The van der Waals surface area contributed by atoms with Crippen molar-refractivity contribution in [3.63, 3.8) is 0 Å². The minimum absolute atomic E-state index is 0.0416. The molecule has 0 radical (unpaired) electrons. The van der Waals surface area contributed by atoms with E-state index in [1.807, 2.05) is 0 Å². The summed E-state index contributed by atoms with van der Waals surface area (Å²) >= 11 is 17.2. The van der Waals surface area contributed by atoms with Gasteiger partial charge >= 0.3 is 0 Å². The molecule has 0 spiro atoms. The number of aliphatic imine (C=N–C) groups is 1. The van der Waals surface area contributed by atoms with E-state index in [0.29, 0.717) is 12.1 Å². The maximum absolute atomic E-state index is 5.73. The lowest BCUT2D eigenvalue weighted by atomic mass is 9.86. The summed E-state index contributed by atoms with van der Waals surface area (Å²) in [5.74, 6) is 0.115. The van der Waals surface area contributed by atoms with Gasteiger partial charge in [0, 0.05) is 12.1 Å². The molecule has 2 nitrogen and oxygen atoms in total. The van der Waals surface area contributed by atoms with Crippen LogP contribution in [0.2, 0.25) is 0 Å². The Morgan fingerprint density at radius 1 is 1.33 bits per heavy atom. The molecule has 0 saturated heterocycles. The highest BCUT2D eigenvalue weighted by atomic mass is 35.6. The van der Waals surface area contributed by atoms with E-state index in [2.05, 4.69) is 32.3 Å². The molecule has 5 heteroatoms. The number of rotatable bonds is 0. The molecule has 0 aromatic carbocycles. The molecule has 0 aromatic heterocycles. The molecule has 0 aliphatic carbocycles. The predicted molar refractivity (Wildman–Crippen MR) is 65.8 cm³/mol. The zero-order valence-corrected chi connectivity index (χ0v) is 11.2. The number of hydrogen-bond donors (Lipinski definition) is 0. The number of alkyl halides is 3. The van der Waals surface area contributed by atoms with Crippen LogP contribution in [0.4, 0.5) is 0 Å². The normalized spacial score (nSPS) is 23.5. The smallest absolute Gasteiger partial charge is 0.266 e. The van der Waals surface area contributed by atoms with E-state index in [0.717, 1.165) is 0 Å². The first-order valence-corrected chi connectivity index (χ1v) is 5.74. The van der Waals surface area contributed by atoms with Crippen LogP contribution in [0.25, 0.3) is 0 Å². The zero-order valence-electron chi connectivity index (χ0n) is 8.98. The van der Waals surface area contributed by atoms with E-state index in [-0.39, 0.29) is 17.4 Å². The molecule has 0 fully saturated rings. The van der Waals surface area contributed by atoms with Crippen LogP contribution in [0.15, 0.2) is 17.3 Å². The van der Waals surface area contributed by atoms with Crippen molar-refractivity contribution < 1.29 is 4.74 Å². The van der Waals surface area contributed by atoms with Gasteiger partial charge in [-0.3, -0.25) is 0 Å². The third-order valence-corrected chi connectivity index (χ3v) is 2.63. The summed E-state index contributed by atoms with van der Waals surface area (Å²) in [4.78, 5) is 4.02. The third-order valence-electron chi connectivity index (χ3n) is 2.14. The average molecular weight is 271 g/mol. The van der Waals surface area contributed by atoms with E-state index in [1.54, 1.807) is 0 Å². The second kappa shape index (κ2) is 4.15. The molecule has 1 heterocycles. The van der Waals surface area contributed by atoms with Crippen molar-refractivity contribution in [2.45, 2.75) is 37.1 Å². The molecule has 1 aliphatic rings. The first kappa shape index (κ1) is 13.1. The van der Waals surface area contributed by atoms with Gasteiger partial charge in [0.2, 0.25) is 5.90 Å². The van der Waals surface area contributed by atoms with E-state index >= 15 is 0 Å². The van der Waals surface area contributed by atoms with Crippen LogP contribution in [0.5, 0.6) is 0 Å². The summed E-state index contributed by atoms with van der Waals surface area (Å²) in [6.07, 6.45) is 0.599. The second-order valence-electron chi connectivity index (χ2n) is 4.66. The lowest BCUT2D eigenvalue weighted by Gasteiger charge is -2.35. The molecule has 0 N–H and O–H groups in total. The van der Waals surface area contributed by atoms with Crippen LogP contribution >= 0.6 is 34.8 Å². The first-order valence-electron chi connectivity index (χ1n) is 4.61. The molecule has 0 saturated carbocycles. The van der Waals surface area contributed by atoms with Gasteiger partial charge in [0.1, 0.15) is 6.10 Å². The number of nitrogens with zero attached hydrogens (tertiary/aromatic N) is 1. The quantitative estimate of drug-likeness (QED) is 0.607. The van der Waals surface area contributed by atoms with Gasteiger partial charge in [0.05, 0.1) is 0 Å². The highest BCUT2D eigenvalue weighted by molar-refractivity contribution is 6.76. The van der Waals surface area contributed by atoms with Crippen molar-refractivity contribution in [2.75, 3.05) is 0 Å². The SMILES string of the molecule is C=C1CC(C(C)(C)C)OC(C(Cl)(Cl)Cl)=N1. The van der Waals surface area contributed by atoms with Crippen molar-refractivity contribution >= 4 is 40.7 Å². The predicted octanol–water partition coefficient (Wildman–Crippen LogP) is 4.10. The Hall–Kier alpha value is 0.0800. The highest BCUT2D eigenvalue weighted by Crippen LogP contribution is 2.37. The van der Waals surface area contributed by atoms with Gasteiger partial charge in [-0.05, 0) is 5.41 Å². The molecular formula is C10H14Cl3NO. The van der Waals surface area contributed by atoms with Crippen LogP contribution in [0.3, 0.4) is 0 Å². The Balaban J connectivity index is 2.91. The van der Waals surface area contributed by atoms with Gasteiger partial charge in [-0.15, -0.1) is 0 Å². The van der Waals surface area contributed by atoms with E-state index in [9.17, 15) is 0 Å². The molecule has 0 bridgehead atoms. The van der Waals surface area contributed by atoms with E-state index < -0.39 is 3.79 Å². The standard InChI is InChI=1S/C10H14Cl3NO/c1-6-5-7(9(2,3)4)15-8(14-6)10(11,12)13/h7H,1,5H2,2-4H3. The topological polar surface area (TPSA) is 21.6 Å². The largest absolute Gasteiger partial charge is 0.473 e. The van der Waals surface area contributed by atoms with Crippen LogP contribution in [0, 0.1) is 5.41 Å². The first-order chi connectivity index (χ1) is 6.60. The second-order valence-corrected chi connectivity index (χ2v) is 6.94. The number of hydrogen-bond acceptors (Lipinski definition) is 2. The third kappa shape index (κ3) is 3.54. The maximum Gasteiger partial charge on any atom is 0.266 e.